The number of hydrogen-bond acceptors (Lipinski definition) is 3. The average molecular weight is 399 g/mol. The molecule has 0 fully saturated rings. The lowest BCUT2D eigenvalue weighted by atomic mass is 10.2. The summed E-state index contributed by atoms with van der Waals surface area (Å²) in [7, 11) is 0. The van der Waals surface area contributed by atoms with E-state index in [4.69, 9.17) is 0 Å². The van der Waals surface area contributed by atoms with Gasteiger partial charge in [-0.25, -0.2) is 0 Å². The molecule has 0 atom stereocenters. The first-order valence-corrected chi connectivity index (χ1v) is 8.34. The molecule has 0 spiro atoms. The van der Waals surface area contributed by atoms with Crippen molar-refractivity contribution in [2.75, 3.05) is 0 Å². The van der Waals surface area contributed by atoms with Crippen molar-refractivity contribution in [2.24, 2.45) is 0 Å². The van der Waals surface area contributed by atoms with Crippen molar-refractivity contribution in [3.63, 3.8) is 0 Å². The molecule has 25 heavy (non-hydrogen) atoms. The largest absolute Gasteiger partial charge is 0.272 e. The first-order valence-electron chi connectivity index (χ1n) is 7.54. The molecule has 2 aromatic carbocycles. The molecule has 0 aliphatic heterocycles. The van der Waals surface area contributed by atoms with Gasteiger partial charge in [0.25, 0.3) is 11.8 Å². The molecule has 0 radical (unpaired) electrons. The number of hydrazine groups is 1. The second kappa shape index (κ2) is 7.76. The Kier molecular flexibility index (Phi) is 5.25. The zero-order chi connectivity index (χ0) is 17.6. The smallest absolute Gasteiger partial charge is 0.268 e. The van der Waals surface area contributed by atoms with Crippen LogP contribution in [0.25, 0.3) is 0 Å². The number of nitrogens with one attached hydrogen (secondary N) is 2. The number of amides is 2. The predicted octanol–water partition coefficient (Wildman–Crippen LogP) is 2.77. The van der Waals surface area contributed by atoms with Crippen LogP contribution in [0.4, 0.5) is 0 Å². The van der Waals surface area contributed by atoms with Crippen molar-refractivity contribution >= 4 is 27.7 Å². The van der Waals surface area contributed by atoms with E-state index < -0.39 is 11.8 Å². The Labute approximate surface area is 153 Å². The highest BCUT2D eigenvalue weighted by molar-refractivity contribution is 9.10. The molecule has 3 rings (SSSR count). The minimum Gasteiger partial charge on any atom is -0.268 e. The van der Waals surface area contributed by atoms with Crippen molar-refractivity contribution < 1.29 is 9.59 Å². The Bertz CT molecular complexity index is 876. The van der Waals surface area contributed by atoms with E-state index in [9.17, 15) is 9.59 Å². The van der Waals surface area contributed by atoms with Crippen LogP contribution in [0.1, 0.15) is 26.3 Å². The average Bonchev–Trinajstić information content (AvgIpc) is 3.09. The SMILES string of the molecule is O=C(NNC(=O)c1cnn(Cc2ccccc2)c1)c1ccc(Br)cc1. The summed E-state index contributed by atoms with van der Waals surface area (Å²) in [5.74, 6) is -0.817. The van der Waals surface area contributed by atoms with Crippen molar-refractivity contribution in [3.8, 4) is 0 Å². The number of rotatable bonds is 4. The predicted molar refractivity (Wildman–Crippen MR) is 96.8 cm³/mol. The second-order valence-corrected chi connectivity index (χ2v) is 6.24. The van der Waals surface area contributed by atoms with Gasteiger partial charge in [0, 0.05) is 16.2 Å². The van der Waals surface area contributed by atoms with E-state index in [1.807, 2.05) is 30.3 Å². The molecule has 1 heterocycles. The lowest BCUT2D eigenvalue weighted by Crippen LogP contribution is -2.41. The summed E-state index contributed by atoms with van der Waals surface area (Å²) in [5.41, 5.74) is 6.67. The molecule has 2 N–H and O–H groups in total. The molecule has 0 bridgehead atoms. The normalized spacial score (nSPS) is 10.3. The summed E-state index contributed by atoms with van der Waals surface area (Å²) in [6.07, 6.45) is 3.10. The Balaban J connectivity index is 1.56. The van der Waals surface area contributed by atoms with Crippen LogP contribution in [-0.2, 0) is 6.54 Å². The second-order valence-electron chi connectivity index (χ2n) is 5.33. The van der Waals surface area contributed by atoms with Crippen molar-refractivity contribution in [1.29, 1.82) is 0 Å². The molecule has 2 amide bonds. The van der Waals surface area contributed by atoms with Gasteiger partial charge in [0.15, 0.2) is 0 Å². The summed E-state index contributed by atoms with van der Waals surface area (Å²) in [4.78, 5) is 24.1. The molecule has 0 saturated heterocycles. The molecule has 126 valence electrons. The van der Waals surface area contributed by atoms with Gasteiger partial charge in [-0.05, 0) is 29.8 Å². The Morgan fingerprint density at radius 3 is 2.24 bits per heavy atom. The highest BCUT2D eigenvalue weighted by Gasteiger charge is 2.11. The molecule has 0 unspecified atom stereocenters. The minimum atomic E-state index is -0.426. The number of carbonyl (C=O) groups is 2. The number of aromatic nitrogens is 2. The maximum absolute atomic E-state index is 12.1. The maximum atomic E-state index is 12.1. The molecule has 6 nitrogen and oxygen atoms in total. The quantitative estimate of drug-likeness (QED) is 0.663. The van der Waals surface area contributed by atoms with E-state index >= 15 is 0 Å². The molecule has 0 aliphatic carbocycles. The third-order valence-corrected chi connectivity index (χ3v) is 4.01. The van der Waals surface area contributed by atoms with Gasteiger partial charge in [0.2, 0.25) is 0 Å². The van der Waals surface area contributed by atoms with Gasteiger partial charge in [-0.15, -0.1) is 0 Å². The maximum Gasteiger partial charge on any atom is 0.272 e. The van der Waals surface area contributed by atoms with Crippen LogP contribution in [0, 0.1) is 0 Å². The number of benzene rings is 2. The number of carbonyl (C=O) groups excluding carboxylic acids is 2. The fourth-order valence-electron chi connectivity index (χ4n) is 2.20. The third kappa shape index (κ3) is 4.54. The molecule has 3 aromatic rings. The van der Waals surface area contributed by atoms with Gasteiger partial charge in [0.1, 0.15) is 0 Å². The summed E-state index contributed by atoms with van der Waals surface area (Å²) in [5, 5.41) is 4.17. The van der Waals surface area contributed by atoms with Gasteiger partial charge in [0.05, 0.1) is 18.3 Å². The number of hydrogen-bond donors (Lipinski definition) is 2. The highest BCUT2D eigenvalue weighted by atomic mass is 79.9. The number of nitrogens with zero attached hydrogens (tertiary/aromatic N) is 2. The lowest BCUT2D eigenvalue weighted by molar-refractivity contribution is 0.0846. The lowest BCUT2D eigenvalue weighted by Gasteiger charge is -2.06. The van der Waals surface area contributed by atoms with Crippen molar-refractivity contribution in [3.05, 3.63) is 88.2 Å². The van der Waals surface area contributed by atoms with E-state index in [-0.39, 0.29) is 0 Å². The topological polar surface area (TPSA) is 76.0 Å². The Morgan fingerprint density at radius 1 is 0.920 bits per heavy atom. The van der Waals surface area contributed by atoms with Gasteiger partial charge in [-0.3, -0.25) is 25.1 Å². The first kappa shape index (κ1) is 16.9. The monoisotopic (exact) mass is 398 g/mol. The van der Waals surface area contributed by atoms with E-state index in [1.54, 1.807) is 35.1 Å². The van der Waals surface area contributed by atoms with Crippen LogP contribution in [0.3, 0.4) is 0 Å². The van der Waals surface area contributed by atoms with Crippen LogP contribution < -0.4 is 10.9 Å². The van der Waals surface area contributed by atoms with Gasteiger partial charge >= 0.3 is 0 Å². The summed E-state index contributed by atoms with van der Waals surface area (Å²) in [6.45, 7) is 0.569. The summed E-state index contributed by atoms with van der Waals surface area (Å²) in [6, 6.07) is 16.6. The zero-order valence-electron chi connectivity index (χ0n) is 13.1. The fourth-order valence-corrected chi connectivity index (χ4v) is 2.46. The fraction of sp³-hybridized carbons (Fsp3) is 0.0556. The zero-order valence-corrected chi connectivity index (χ0v) is 14.7. The van der Waals surface area contributed by atoms with Crippen LogP contribution in [0.5, 0.6) is 0 Å². The molecule has 0 saturated carbocycles. The van der Waals surface area contributed by atoms with E-state index in [0.29, 0.717) is 17.7 Å². The Morgan fingerprint density at radius 2 is 1.56 bits per heavy atom. The molecular weight excluding hydrogens is 384 g/mol. The van der Waals surface area contributed by atoms with Crippen LogP contribution in [0.15, 0.2) is 71.5 Å². The molecular formula is C18H15BrN4O2. The van der Waals surface area contributed by atoms with Gasteiger partial charge in [-0.2, -0.15) is 5.10 Å². The van der Waals surface area contributed by atoms with Crippen LogP contribution in [-0.4, -0.2) is 21.6 Å². The molecule has 1 aromatic heterocycles. The number of halogens is 1. The van der Waals surface area contributed by atoms with Crippen LogP contribution in [0.2, 0.25) is 0 Å². The highest BCUT2D eigenvalue weighted by Crippen LogP contribution is 2.10. The van der Waals surface area contributed by atoms with E-state index in [0.717, 1.165) is 10.0 Å². The summed E-state index contributed by atoms with van der Waals surface area (Å²) < 4.78 is 2.54. The van der Waals surface area contributed by atoms with Crippen LogP contribution >= 0.6 is 15.9 Å². The summed E-state index contributed by atoms with van der Waals surface area (Å²) >= 11 is 3.30. The first-order chi connectivity index (χ1) is 12.1. The van der Waals surface area contributed by atoms with Gasteiger partial charge in [-0.1, -0.05) is 46.3 Å². The van der Waals surface area contributed by atoms with E-state index in [2.05, 4.69) is 31.9 Å². The molecule has 7 heteroatoms. The molecule has 0 aliphatic rings. The van der Waals surface area contributed by atoms with Crippen molar-refractivity contribution in [2.45, 2.75) is 6.54 Å². The standard InChI is InChI=1S/C18H15BrN4O2/c19-16-8-6-14(7-9-16)17(24)21-22-18(25)15-10-20-23(12-15)11-13-4-2-1-3-5-13/h1-10,12H,11H2,(H,21,24)(H,22,25). The van der Waals surface area contributed by atoms with E-state index in [1.165, 1.54) is 6.20 Å². The minimum absolute atomic E-state index is 0.368. The Hall–Kier alpha value is -2.93. The van der Waals surface area contributed by atoms with Crippen molar-refractivity contribution in [1.82, 2.24) is 20.6 Å². The van der Waals surface area contributed by atoms with Gasteiger partial charge < -0.3 is 0 Å². The third-order valence-electron chi connectivity index (χ3n) is 3.48.